The Hall–Kier alpha value is -2.83. The zero-order chi connectivity index (χ0) is 19.1. The van der Waals surface area contributed by atoms with Gasteiger partial charge in [-0.3, -0.25) is 4.79 Å². The SMILES string of the molecule is COc1ccc(CCNC(=O)[C@@H]2CCCN(c3ncccn3)C2)cc1OC. The van der Waals surface area contributed by atoms with Crippen LogP contribution in [0.15, 0.2) is 36.7 Å². The summed E-state index contributed by atoms with van der Waals surface area (Å²) in [5.41, 5.74) is 1.09. The second kappa shape index (κ2) is 9.21. The van der Waals surface area contributed by atoms with Crippen molar-refractivity contribution < 1.29 is 14.3 Å². The van der Waals surface area contributed by atoms with Gasteiger partial charge in [-0.25, -0.2) is 9.97 Å². The van der Waals surface area contributed by atoms with Crippen molar-refractivity contribution in [2.75, 3.05) is 38.8 Å². The van der Waals surface area contributed by atoms with E-state index in [-0.39, 0.29) is 11.8 Å². The van der Waals surface area contributed by atoms with E-state index in [9.17, 15) is 4.79 Å². The minimum atomic E-state index is -0.0343. The average molecular weight is 370 g/mol. The number of nitrogens with zero attached hydrogens (tertiary/aromatic N) is 3. The topological polar surface area (TPSA) is 76.6 Å². The van der Waals surface area contributed by atoms with Crippen molar-refractivity contribution in [3.63, 3.8) is 0 Å². The molecule has 0 aliphatic carbocycles. The number of aromatic nitrogens is 2. The molecular formula is C20H26N4O3. The van der Waals surface area contributed by atoms with Crippen LogP contribution < -0.4 is 19.7 Å². The lowest BCUT2D eigenvalue weighted by Gasteiger charge is -2.31. The number of benzene rings is 1. The molecule has 1 atom stereocenters. The molecule has 1 aliphatic heterocycles. The van der Waals surface area contributed by atoms with Crippen LogP contribution in [0, 0.1) is 5.92 Å². The van der Waals surface area contributed by atoms with Crippen LogP contribution in [0.5, 0.6) is 11.5 Å². The molecule has 1 fully saturated rings. The monoisotopic (exact) mass is 370 g/mol. The highest BCUT2D eigenvalue weighted by Crippen LogP contribution is 2.27. The maximum absolute atomic E-state index is 12.6. The van der Waals surface area contributed by atoms with Crippen molar-refractivity contribution in [2.24, 2.45) is 5.92 Å². The van der Waals surface area contributed by atoms with E-state index < -0.39 is 0 Å². The maximum atomic E-state index is 12.6. The average Bonchev–Trinajstić information content (AvgIpc) is 2.74. The molecule has 0 spiro atoms. The molecule has 0 bridgehead atoms. The summed E-state index contributed by atoms with van der Waals surface area (Å²) >= 11 is 0. The number of rotatable bonds is 7. The molecule has 7 nitrogen and oxygen atoms in total. The summed E-state index contributed by atoms with van der Waals surface area (Å²) in [4.78, 5) is 23.2. The predicted octanol–water partition coefficient (Wildman–Crippen LogP) is 2.07. The largest absolute Gasteiger partial charge is 0.493 e. The number of nitrogens with one attached hydrogen (secondary N) is 1. The Morgan fingerprint density at radius 2 is 2.00 bits per heavy atom. The molecule has 1 N–H and O–H groups in total. The summed E-state index contributed by atoms with van der Waals surface area (Å²) in [5.74, 6) is 2.16. The van der Waals surface area contributed by atoms with Crippen molar-refractivity contribution in [3.8, 4) is 11.5 Å². The molecule has 2 heterocycles. The van der Waals surface area contributed by atoms with Crippen molar-refractivity contribution in [2.45, 2.75) is 19.3 Å². The molecule has 0 radical (unpaired) electrons. The van der Waals surface area contributed by atoms with Crippen LogP contribution >= 0.6 is 0 Å². The fourth-order valence-corrected chi connectivity index (χ4v) is 3.34. The molecule has 1 amide bonds. The zero-order valence-corrected chi connectivity index (χ0v) is 15.9. The normalized spacial score (nSPS) is 16.7. The molecular weight excluding hydrogens is 344 g/mol. The molecule has 0 saturated carbocycles. The molecule has 0 unspecified atom stereocenters. The molecule has 144 valence electrons. The lowest BCUT2D eigenvalue weighted by molar-refractivity contribution is -0.125. The highest BCUT2D eigenvalue weighted by molar-refractivity contribution is 5.79. The second-order valence-electron chi connectivity index (χ2n) is 6.56. The smallest absolute Gasteiger partial charge is 0.225 e. The van der Waals surface area contributed by atoms with Crippen LogP contribution in [-0.4, -0.2) is 49.7 Å². The van der Waals surface area contributed by atoms with Crippen LogP contribution in [0.4, 0.5) is 5.95 Å². The van der Waals surface area contributed by atoms with Gasteiger partial charge in [0.2, 0.25) is 11.9 Å². The summed E-state index contributed by atoms with van der Waals surface area (Å²) in [6, 6.07) is 7.61. The number of methoxy groups -OCH3 is 2. The van der Waals surface area contributed by atoms with E-state index >= 15 is 0 Å². The van der Waals surface area contributed by atoms with Gasteiger partial charge in [-0.2, -0.15) is 0 Å². The number of carbonyl (C=O) groups excluding carboxylic acids is 1. The predicted molar refractivity (Wildman–Crippen MR) is 103 cm³/mol. The maximum Gasteiger partial charge on any atom is 0.225 e. The van der Waals surface area contributed by atoms with Gasteiger partial charge in [-0.1, -0.05) is 6.07 Å². The van der Waals surface area contributed by atoms with Crippen LogP contribution in [0.3, 0.4) is 0 Å². The summed E-state index contributed by atoms with van der Waals surface area (Å²) < 4.78 is 10.6. The lowest BCUT2D eigenvalue weighted by atomic mass is 9.97. The summed E-state index contributed by atoms with van der Waals surface area (Å²) in [6.07, 6.45) is 6.06. The molecule has 3 rings (SSSR count). The summed E-state index contributed by atoms with van der Waals surface area (Å²) in [6.45, 7) is 2.14. The van der Waals surface area contributed by atoms with Gasteiger partial charge in [0.25, 0.3) is 0 Å². The van der Waals surface area contributed by atoms with Crippen molar-refractivity contribution in [3.05, 3.63) is 42.2 Å². The van der Waals surface area contributed by atoms with Crippen LogP contribution in [0.25, 0.3) is 0 Å². The summed E-state index contributed by atoms with van der Waals surface area (Å²) in [7, 11) is 3.24. The van der Waals surface area contributed by atoms with Gasteiger partial charge in [0.1, 0.15) is 0 Å². The highest BCUT2D eigenvalue weighted by atomic mass is 16.5. The quantitative estimate of drug-likeness (QED) is 0.804. The first kappa shape index (κ1) is 18.9. The van der Waals surface area contributed by atoms with E-state index in [2.05, 4.69) is 20.2 Å². The number of ether oxygens (including phenoxy) is 2. The van der Waals surface area contributed by atoms with Gasteiger partial charge in [0.15, 0.2) is 11.5 Å². The van der Waals surface area contributed by atoms with Crippen molar-refractivity contribution in [1.29, 1.82) is 0 Å². The fraction of sp³-hybridized carbons (Fsp3) is 0.450. The van der Waals surface area contributed by atoms with E-state index in [1.165, 1.54) is 0 Å². The third kappa shape index (κ3) is 4.87. The summed E-state index contributed by atoms with van der Waals surface area (Å²) in [5, 5.41) is 3.06. The van der Waals surface area contributed by atoms with Crippen LogP contribution in [0.2, 0.25) is 0 Å². The minimum Gasteiger partial charge on any atom is -0.493 e. The van der Waals surface area contributed by atoms with E-state index in [0.717, 1.165) is 31.4 Å². The Morgan fingerprint density at radius 1 is 1.22 bits per heavy atom. The molecule has 1 aromatic carbocycles. The number of anilines is 1. The van der Waals surface area contributed by atoms with E-state index in [1.54, 1.807) is 32.7 Å². The third-order valence-corrected chi connectivity index (χ3v) is 4.79. The highest BCUT2D eigenvalue weighted by Gasteiger charge is 2.26. The number of amides is 1. The van der Waals surface area contributed by atoms with Crippen molar-refractivity contribution >= 4 is 11.9 Å². The molecule has 2 aromatic rings. The Labute approximate surface area is 159 Å². The van der Waals surface area contributed by atoms with E-state index in [0.29, 0.717) is 30.5 Å². The van der Waals surface area contributed by atoms with Crippen LogP contribution in [-0.2, 0) is 11.2 Å². The number of hydrogen-bond donors (Lipinski definition) is 1. The molecule has 1 saturated heterocycles. The molecule has 7 heteroatoms. The second-order valence-corrected chi connectivity index (χ2v) is 6.56. The number of carbonyl (C=O) groups is 1. The van der Waals surface area contributed by atoms with Gasteiger partial charge in [0, 0.05) is 32.0 Å². The Kier molecular flexibility index (Phi) is 6.46. The van der Waals surface area contributed by atoms with Crippen molar-refractivity contribution in [1.82, 2.24) is 15.3 Å². The standard InChI is InChI=1S/C20H26N4O3/c1-26-17-7-6-15(13-18(17)27-2)8-11-21-19(25)16-5-3-12-24(14-16)20-22-9-4-10-23-20/h4,6-7,9-10,13,16H,3,5,8,11-12,14H2,1-2H3,(H,21,25)/t16-/m1/s1. The molecule has 1 aromatic heterocycles. The minimum absolute atomic E-state index is 0.0343. The first-order valence-electron chi connectivity index (χ1n) is 9.22. The van der Waals surface area contributed by atoms with Gasteiger partial charge >= 0.3 is 0 Å². The van der Waals surface area contributed by atoms with Gasteiger partial charge in [-0.15, -0.1) is 0 Å². The number of hydrogen-bond acceptors (Lipinski definition) is 6. The Balaban J connectivity index is 1.50. The van der Waals surface area contributed by atoms with E-state index in [4.69, 9.17) is 9.47 Å². The van der Waals surface area contributed by atoms with Gasteiger partial charge in [0.05, 0.1) is 20.1 Å². The Morgan fingerprint density at radius 3 is 2.74 bits per heavy atom. The molecule has 1 aliphatic rings. The fourth-order valence-electron chi connectivity index (χ4n) is 3.34. The number of piperidine rings is 1. The molecule has 27 heavy (non-hydrogen) atoms. The first-order valence-corrected chi connectivity index (χ1v) is 9.22. The first-order chi connectivity index (χ1) is 13.2. The zero-order valence-electron chi connectivity index (χ0n) is 15.9. The Bertz CT molecular complexity index is 754. The van der Waals surface area contributed by atoms with Gasteiger partial charge in [-0.05, 0) is 43.0 Å². The van der Waals surface area contributed by atoms with Crippen LogP contribution in [0.1, 0.15) is 18.4 Å². The lowest BCUT2D eigenvalue weighted by Crippen LogP contribution is -2.44. The van der Waals surface area contributed by atoms with E-state index in [1.807, 2.05) is 18.2 Å². The third-order valence-electron chi connectivity index (χ3n) is 4.79. The van der Waals surface area contributed by atoms with Gasteiger partial charge < -0.3 is 19.7 Å².